The summed E-state index contributed by atoms with van der Waals surface area (Å²) in [6.07, 6.45) is 10.5. The average molecular weight is 253 g/mol. The Morgan fingerprint density at radius 3 is 2.72 bits per heavy atom. The molecule has 1 aliphatic carbocycles. The third-order valence-corrected chi connectivity index (χ3v) is 3.31. The predicted molar refractivity (Wildman–Crippen MR) is 66.3 cm³/mol. The number of nitro groups is 1. The molecule has 1 aromatic heterocycles. The zero-order chi connectivity index (χ0) is 12.8. The van der Waals surface area contributed by atoms with Crippen molar-refractivity contribution in [3.8, 4) is 0 Å². The Morgan fingerprint density at radius 1 is 1.39 bits per heavy atom. The predicted octanol–water partition coefficient (Wildman–Crippen LogP) is 2.53. The highest BCUT2D eigenvalue weighted by Crippen LogP contribution is 2.19. The Hall–Kier alpha value is -1.43. The first-order valence-electron chi connectivity index (χ1n) is 6.54. The van der Waals surface area contributed by atoms with Gasteiger partial charge in [0.25, 0.3) is 0 Å². The molecule has 0 saturated heterocycles. The molecule has 1 aliphatic rings. The van der Waals surface area contributed by atoms with E-state index in [2.05, 4.69) is 5.10 Å². The second-order valence-electron chi connectivity index (χ2n) is 4.70. The van der Waals surface area contributed by atoms with Crippen molar-refractivity contribution in [3.05, 3.63) is 22.5 Å². The number of ether oxygens (including phenoxy) is 1. The normalized spacial score (nSPS) is 17.6. The molecule has 100 valence electrons. The molecule has 0 atom stereocenters. The smallest absolute Gasteiger partial charge is 0.306 e. The van der Waals surface area contributed by atoms with E-state index in [1.54, 1.807) is 4.68 Å². The van der Waals surface area contributed by atoms with Gasteiger partial charge < -0.3 is 4.74 Å². The highest BCUT2D eigenvalue weighted by atomic mass is 16.6. The Labute approximate surface area is 106 Å². The van der Waals surface area contributed by atoms with Gasteiger partial charge in [-0.05, 0) is 12.8 Å². The molecule has 0 spiro atoms. The van der Waals surface area contributed by atoms with E-state index < -0.39 is 4.92 Å². The van der Waals surface area contributed by atoms with Gasteiger partial charge in [-0.1, -0.05) is 25.7 Å². The number of hydrogen-bond acceptors (Lipinski definition) is 4. The topological polar surface area (TPSA) is 70.2 Å². The molecule has 0 aliphatic heterocycles. The number of aromatic nitrogens is 2. The molecule has 18 heavy (non-hydrogen) atoms. The summed E-state index contributed by atoms with van der Waals surface area (Å²) in [4.78, 5) is 10.1. The van der Waals surface area contributed by atoms with Crippen LogP contribution < -0.4 is 0 Å². The molecule has 0 bridgehead atoms. The van der Waals surface area contributed by atoms with Crippen molar-refractivity contribution >= 4 is 5.69 Å². The summed E-state index contributed by atoms with van der Waals surface area (Å²) in [6, 6.07) is 0. The molecule has 0 amide bonds. The largest absolute Gasteiger partial charge is 0.376 e. The van der Waals surface area contributed by atoms with E-state index in [4.69, 9.17) is 4.74 Å². The number of nitrogens with zero attached hydrogens (tertiary/aromatic N) is 3. The Kier molecular flexibility index (Phi) is 4.69. The minimum atomic E-state index is -0.435. The second-order valence-corrected chi connectivity index (χ2v) is 4.70. The van der Waals surface area contributed by atoms with Crippen molar-refractivity contribution < 1.29 is 9.66 Å². The fourth-order valence-corrected chi connectivity index (χ4v) is 2.29. The Bertz CT molecular complexity index is 384. The maximum Gasteiger partial charge on any atom is 0.306 e. The lowest BCUT2D eigenvalue weighted by atomic mass is 10.1. The molecule has 1 heterocycles. The highest BCUT2D eigenvalue weighted by Gasteiger charge is 2.13. The van der Waals surface area contributed by atoms with Crippen LogP contribution in [0.15, 0.2) is 12.4 Å². The summed E-state index contributed by atoms with van der Waals surface area (Å²) in [7, 11) is 0. The summed E-state index contributed by atoms with van der Waals surface area (Å²) >= 11 is 0. The first-order chi connectivity index (χ1) is 8.75. The van der Waals surface area contributed by atoms with Crippen LogP contribution >= 0.6 is 0 Å². The van der Waals surface area contributed by atoms with Crippen LogP contribution in [0.3, 0.4) is 0 Å². The summed E-state index contributed by atoms with van der Waals surface area (Å²) in [5.41, 5.74) is 0.0319. The van der Waals surface area contributed by atoms with Crippen LogP contribution in [0.25, 0.3) is 0 Å². The van der Waals surface area contributed by atoms with Crippen LogP contribution in [0.2, 0.25) is 0 Å². The van der Waals surface area contributed by atoms with E-state index >= 15 is 0 Å². The van der Waals surface area contributed by atoms with E-state index in [1.807, 2.05) is 0 Å². The maximum atomic E-state index is 10.5. The van der Waals surface area contributed by atoms with E-state index in [-0.39, 0.29) is 5.69 Å². The number of rotatable bonds is 5. The van der Waals surface area contributed by atoms with Gasteiger partial charge in [0.1, 0.15) is 12.4 Å². The minimum Gasteiger partial charge on any atom is -0.376 e. The van der Waals surface area contributed by atoms with Gasteiger partial charge in [0, 0.05) is 0 Å². The Morgan fingerprint density at radius 2 is 2.11 bits per heavy atom. The van der Waals surface area contributed by atoms with Gasteiger partial charge in [-0.3, -0.25) is 14.8 Å². The van der Waals surface area contributed by atoms with Crippen LogP contribution in [-0.2, 0) is 11.3 Å². The summed E-state index contributed by atoms with van der Waals surface area (Å²) < 4.78 is 7.37. The van der Waals surface area contributed by atoms with Crippen LogP contribution in [0, 0.1) is 10.1 Å². The van der Waals surface area contributed by atoms with Gasteiger partial charge in [-0.2, -0.15) is 5.10 Å². The lowest BCUT2D eigenvalue weighted by Gasteiger charge is -2.14. The lowest BCUT2D eigenvalue weighted by molar-refractivity contribution is -0.385. The van der Waals surface area contributed by atoms with Gasteiger partial charge in [-0.15, -0.1) is 0 Å². The SMILES string of the molecule is O=[N+]([O-])c1cnn(CCOC2CCCCCC2)c1. The first-order valence-corrected chi connectivity index (χ1v) is 6.54. The summed E-state index contributed by atoms with van der Waals surface area (Å²) in [6.45, 7) is 1.15. The summed E-state index contributed by atoms with van der Waals surface area (Å²) in [5, 5.41) is 14.4. The molecule has 0 aromatic carbocycles. The van der Waals surface area contributed by atoms with Crippen molar-refractivity contribution in [2.24, 2.45) is 0 Å². The van der Waals surface area contributed by atoms with E-state index in [0.717, 1.165) is 12.8 Å². The molecule has 1 fully saturated rings. The van der Waals surface area contributed by atoms with Crippen LogP contribution in [0.4, 0.5) is 5.69 Å². The molecule has 6 heteroatoms. The van der Waals surface area contributed by atoms with Crippen molar-refractivity contribution in [2.75, 3.05) is 6.61 Å². The molecular formula is C12H19N3O3. The van der Waals surface area contributed by atoms with Crippen molar-refractivity contribution in [2.45, 2.75) is 51.2 Å². The van der Waals surface area contributed by atoms with Gasteiger partial charge in [-0.25, -0.2) is 0 Å². The fraction of sp³-hybridized carbons (Fsp3) is 0.750. The van der Waals surface area contributed by atoms with Gasteiger partial charge in [0.2, 0.25) is 0 Å². The van der Waals surface area contributed by atoms with E-state index in [9.17, 15) is 10.1 Å². The minimum absolute atomic E-state index is 0.0319. The fourth-order valence-electron chi connectivity index (χ4n) is 2.29. The average Bonchev–Trinajstić information content (AvgIpc) is 2.67. The molecule has 0 N–H and O–H groups in total. The zero-order valence-corrected chi connectivity index (χ0v) is 10.5. The zero-order valence-electron chi connectivity index (χ0n) is 10.5. The number of hydrogen-bond donors (Lipinski definition) is 0. The molecule has 0 unspecified atom stereocenters. The monoisotopic (exact) mass is 253 g/mol. The molecule has 1 saturated carbocycles. The molecule has 1 aromatic rings. The molecule has 2 rings (SSSR count). The first kappa shape index (κ1) is 13.0. The standard InChI is InChI=1S/C12H19N3O3/c16-15(17)11-9-13-14(10-11)7-8-18-12-5-3-1-2-4-6-12/h9-10,12H,1-8H2. The highest BCUT2D eigenvalue weighted by molar-refractivity contribution is 5.20. The Balaban J connectivity index is 1.72. The molecule has 0 radical (unpaired) electrons. The maximum absolute atomic E-state index is 10.5. The van der Waals surface area contributed by atoms with Gasteiger partial charge in [0.15, 0.2) is 0 Å². The summed E-state index contributed by atoms with van der Waals surface area (Å²) in [5.74, 6) is 0. The van der Waals surface area contributed by atoms with Crippen molar-refractivity contribution in [1.82, 2.24) is 9.78 Å². The van der Waals surface area contributed by atoms with E-state index in [1.165, 1.54) is 38.1 Å². The quantitative estimate of drug-likeness (QED) is 0.459. The molecule has 6 nitrogen and oxygen atoms in total. The van der Waals surface area contributed by atoms with Crippen LogP contribution in [-0.4, -0.2) is 27.4 Å². The van der Waals surface area contributed by atoms with Crippen LogP contribution in [0.1, 0.15) is 38.5 Å². The van der Waals surface area contributed by atoms with Crippen molar-refractivity contribution in [1.29, 1.82) is 0 Å². The van der Waals surface area contributed by atoms with Gasteiger partial charge in [0.05, 0.1) is 24.2 Å². The molecular weight excluding hydrogens is 234 g/mol. The van der Waals surface area contributed by atoms with Gasteiger partial charge >= 0.3 is 5.69 Å². The van der Waals surface area contributed by atoms with E-state index in [0.29, 0.717) is 19.3 Å². The second kappa shape index (κ2) is 6.49. The van der Waals surface area contributed by atoms with Crippen molar-refractivity contribution in [3.63, 3.8) is 0 Å². The lowest BCUT2D eigenvalue weighted by Crippen LogP contribution is -2.16. The van der Waals surface area contributed by atoms with Crippen LogP contribution in [0.5, 0.6) is 0 Å². The third-order valence-electron chi connectivity index (χ3n) is 3.31. The third kappa shape index (κ3) is 3.80.